The van der Waals surface area contributed by atoms with Crippen molar-refractivity contribution < 1.29 is 4.79 Å². The summed E-state index contributed by atoms with van der Waals surface area (Å²) in [7, 11) is 1.90. The Morgan fingerprint density at radius 1 is 1.17 bits per heavy atom. The van der Waals surface area contributed by atoms with Gasteiger partial charge in [-0.25, -0.2) is 0 Å². The molecule has 24 heavy (non-hydrogen) atoms. The molecule has 4 fully saturated rings. The van der Waals surface area contributed by atoms with Crippen LogP contribution in [-0.2, 0) is 7.05 Å². The molecule has 4 saturated heterocycles. The maximum absolute atomic E-state index is 12.8. The van der Waals surface area contributed by atoms with Crippen molar-refractivity contribution in [3.8, 4) is 0 Å². The van der Waals surface area contributed by atoms with Crippen molar-refractivity contribution in [1.29, 1.82) is 0 Å². The van der Waals surface area contributed by atoms with Crippen molar-refractivity contribution >= 4 is 16.8 Å². The first-order valence-corrected chi connectivity index (χ1v) is 9.17. The maximum Gasteiger partial charge on any atom is 0.272 e. The van der Waals surface area contributed by atoms with Gasteiger partial charge in [-0.2, -0.15) is 5.10 Å². The molecule has 4 bridgehead atoms. The summed E-state index contributed by atoms with van der Waals surface area (Å²) in [5.74, 6) is 0.915. The summed E-state index contributed by atoms with van der Waals surface area (Å²) in [6.45, 7) is 1.27. The van der Waals surface area contributed by atoms with Crippen LogP contribution in [0.4, 0.5) is 0 Å². The number of nitrogens with one attached hydrogen (secondary N) is 1. The minimum atomic E-state index is -0.0167. The Kier molecular flexibility index (Phi) is 3.20. The lowest BCUT2D eigenvalue weighted by Crippen LogP contribution is -2.61. The van der Waals surface area contributed by atoms with E-state index in [1.54, 1.807) is 4.68 Å². The maximum atomic E-state index is 12.8. The number of fused-ring (bicyclic) bond motifs is 2. The van der Waals surface area contributed by atoms with Crippen molar-refractivity contribution in [2.75, 3.05) is 6.54 Å². The van der Waals surface area contributed by atoms with Gasteiger partial charge in [-0.1, -0.05) is 18.2 Å². The third-order valence-electron chi connectivity index (χ3n) is 6.37. The predicted molar refractivity (Wildman–Crippen MR) is 92.8 cm³/mol. The summed E-state index contributed by atoms with van der Waals surface area (Å²) in [5, 5.41) is 8.69. The van der Waals surface area contributed by atoms with E-state index in [9.17, 15) is 4.79 Å². The Labute approximate surface area is 142 Å². The van der Waals surface area contributed by atoms with Gasteiger partial charge in [-0.05, 0) is 50.6 Å². The van der Waals surface area contributed by atoms with E-state index in [2.05, 4.69) is 15.3 Å². The molecule has 0 saturated carbocycles. The lowest BCUT2D eigenvalue weighted by molar-refractivity contribution is -0.0432. The monoisotopic (exact) mass is 324 g/mol. The Morgan fingerprint density at radius 2 is 1.92 bits per heavy atom. The number of carbonyl (C=O) groups is 1. The number of nitrogens with zero attached hydrogens (tertiary/aromatic N) is 3. The summed E-state index contributed by atoms with van der Waals surface area (Å²) >= 11 is 0. The highest BCUT2D eigenvalue weighted by Gasteiger charge is 2.45. The number of para-hydroxylation sites is 1. The molecule has 4 aliphatic heterocycles. The highest BCUT2D eigenvalue weighted by molar-refractivity contribution is 6.04. The Bertz CT molecular complexity index is 782. The second kappa shape index (κ2) is 5.31. The van der Waals surface area contributed by atoms with E-state index in [1.807, 2.05) is 31.3 Å². The lowest BCUT2D eigenvalue weighted by Gasteiger charge is -2.55. The predicted octanol–water partition coefficient (Wildman–Crippen LogP) is 2.32. The largest absolute Gasteiger partial charge is 0.348 e. The fraction of sp³-hybridized carbons (Fsp3) is 0.579. The first-order chi connectivity index (χ1) is 11.7. The number of rotatable bonds is 2. The van der Waals surface area contributed by atoms with Gasteiger partial charge in [0.25, 0.3) is 5.91 Å². The highest BCUT2D eigenvalue weighted by atomic mass is 16.2. The van der Waals surface area contributed by atoms with Gasteiger partial charge in [0.15, 0.2) is 5.69 Å². The van der Waals surface area contributed by atoms with Gasteiger partial charge < -0.3 is 5.32 Å². The van der Waals surface area contributed by atoms with Crippen molar-refractivity contribution in [3.63, 3.8) is 0 Å². The molecule has 2 aromatic rings. The molecule has 5 nitrogen and oxygen atoms in total. The fourth-order valence-electron chi connectivity index (χ4n) is 5.34. The second-order valence-electron chi connectivity index (χ2n) is 7.80. The molecule has 4 unspecified atom stereocenters. The zero-order valence-electron chi connectivity index (χ0n) is 14.1. The van der Waals surface area contributed by atoms with Crippen LogP contribution >= 0.6 is 0 Å². The lowest BCUT2D eigenvalue weighted by atomic mass is 9.72. The Morgan fingerprint density at radius 3 is 2.67 bits per heavy atom. The van der Waals surface area contributed by atoms with Crippen LogP contribution in [-0.4, -0.2) is 45.3 Å². The summed E-state index contributed by atoms with van der Waals surface area (Å²) < 4.78 is 1.80. The van der Waals surface area contributed by atoms with Crippen LogP contribution in [0.3, 0.4) is 0 Å². The number of aryl methyl sites for hydroxylation is 1. The van der Waals surface area contributed by atoms with Gasteiger partial charge in [-0.3, -0.25) is 14.4 Å². The molecule has 6 rings (SSSR count). The number of hydrogen-bond donors (Lipinski definition) is 1. The number of benzene rings is 1. The van der Waals surface area contributed by atoms with Gasteiger partial charge in [0, 0.05) is 30.6 Å². The molecule has 5 heterocycles. The first kappa shape index (κ1) is 14.5. The van der Waals surface area contributed by atoms with Crippen molar-refractivity contribution in [1.82, 2.24) is 20.0 Å². The zero-order valence-corrected chi connectivity index (χ0v) is 14.1. The number of hydrogen-bond acceptors (Lipinski definition) is 3. The van der Waals surface area contributed by atoms with E-state index in [0.29, 0.717) is 23.8 Å². The number of aromatic nitrogens is 2. The smallest absolute Gasteiger partial charge is 0.272 e. The molecular weight excluding hydrogens is 300 g/mol. The zero-order chi connectivity index (χ0) is 16.3. The van der Waals surface area contributed by atoms with E-state index in [4.69, 9.17) is 0 Å². The number of carbonyl (C=O) groups excluding carboxylic acids is 1. The molecule has 1 N–H and O–H groups in total. The molecule has 1 aromatic heterocycles. The van der Waals surface area contributed by atoms with Crippen LogP contribution in [0.1, 0.15) is 42.6 Å². The van der Waals surface area contributed by atoms with Crippen molar-refractivity contribution in [2.24, 2.45) is 13.0 Å². The van der Waals surface area contributed by atoms with E-state index >= 15 is 0 Å². The molecule has 0 radical (unpaired) electrons. The third kappa shape index (κ3) is 2.18. The van der Waals surface area contributed by atoms with E-state index in [-0.39, 0.29) is 5.91 Å². The molecule has 5 heteroatoms. The summed E-state index contributed by atoms with van der Waals surface area (Å²) in [6, 6.07) is 9.60. The van der Waals surface area contributed by atoms with Crippen LogP contribution in [0.5, 0.6) is 0 Å². The van der Waals surface area contributed by atoms with Crippen LogP contribution in [0, 0.1) is 5.92 Å². The highest BCUT2D eigenvalue weighted by Crippen LogP contribution is 2.42. The van der Waals surface area contributed by atoms with Gasteiger partial charge in [0.2, 0.25) is 0 Å². The van der Waals surface area contributed by atoms with Gasteiger partial charge >= 0.3 is 0 Å². The van der Waals surface area contributed by atoms with Crippen LogP contribution in [0.25, 0.3) is 10.9 Å². The molecule has 0 spiro atoms. The Hall–Kier alpha value is -1.88. The quantitative estimate of drug-likeness (QED) is 0.922. The van der Waals surface area contributed by atoms with E-state index in [0.717, 1.165) is 29.7 Å². The first-order valence-electron chi connectivity index (χ1n) is 9.17. The average molecular weight is 324 g/mol. The second-order valence-corrected chi connectivity index (χ2v) is 7.80. The SMILES string of the molecule is Cn1nc(C(=O)NC2CC3CC4CCN3[C@H](C4)C2)c2ccccc21. The topological polar surface area (TPSA) is 50.2 Å². The van der Waals surface area contributed by atoms with Crippen LogP contribution in [0.2, 0.25) is 0 Å². The minimum Gasteiger partial charge on any atom is -0.348 e. The third-order valence-corrected chi connectivity index (χ3v) is 6.37. The normalized spacial score (nSPS) is 34.5. The Balaban J connectivity index is 1.35. The molecular formula is C19H24N4O. The van der Waals surface area contributed by atoms with Crippen molar-refractivity contribution in [2.45, 2.75) is 50.2 Å². The number of piperidine rings is 4. The average Bonchev–Trinajstić information content (AvgIpc) is 2.92. The van der Waals surface area contributed by atoms with Crippen molar-refractivity contribution in [3.05, 3.63) is 30.0 Å². The summed E-state index contributed by atoms with van der Waals surface area (Å²) in [5.41, 5.74) is 1.57. The summed E-state index contributed by atoms with van der Waals surface area (Å²) in [6.07, 6.45) is 6.24. The van der Waals surface area contributed by atoms with Gasteiger partial charge in [0.05, 0.1) is 5.52 Å². The molecule has 126 valence electrons. The summed E-state index contributed by atoms with van der Waals surface area (Å²) in [4.78, 5) is 15.5. The van der Waals surface area contributed by atoms with Gasteiger partial charge in [0.1, 0.15) is 0 Å². The van der Waals surface area contributed by atoms with E-state index in [1.165, 1.54) is 25.8 Å². The molecule has 1 aromatic carbocycles. The van der Waals surface area contributed by atoms with Crippen LogP contribution in [0.15, 0.2) is 24.3 Å². The molecule has 5 atom stereocenters. The molecule has 1 amide bonds. The fourth-order valence-corrected chi connectivity index (χ4v) is 5.34. The standard InChI is InChI=1S/C19H24N4O/c1-22-17-5-3-2-4-16(17)18(21-22)19(24)20-13-10-14-8-12-6-7-23(14)15(9-12)11-13/h2-5,12-15H,6-11H2,1H3,(H,20,24)/t12?,13?,14-,15?/m1/s1. The number of amides is 1. The van der Waals surface area contributed by atoms with Crippen LogP contribution < -0.4 is 5.32 Å². The molecule has 0 aliphatic carbocycles. The van der Waals surface area contributed by atoms with Gasteiger partial charge in [-0.15, -0.1) is 0 Å². The van der Waals surface area contributed by atoms with E-state index < -0.39 is 0 Å². The molecule has 4 aliphatic rings. The minimum absolute atomic E-state index is 0.0167.